The van der Waals surface area contributed by atoms with Crippen LogP contribution in [0.5, 0.6) is 0 Å². The van der Waals surface area contributed by atoms with Gasteiger partial charge in [0, 0.05) is 5.56 Å². The SMILES string of the molecule is CC(=O)c1cccc(N2C(=O)/C(=C/c3ccc(C(C)C)cc3)SC2=S)c1. The number of nitrogens with zero attached hydrogens (tertiary/aromatic N) is 1. The Kier molecular flexibility index (Phi) is 5.39. The van der Waals surface area contributed by atoms with Crippen LogP contribution in [0.25, 0.3) is 6.08 Å². The molecule has 132 valence electrons. The highest BCUT2D eigenvalue weighted by atomic mass is 32.2. The molecule has 5 heteroatoms. The number of thioether (sulfide) groups is 1. The number of anilines is 1. The highest BCUT2D eigenvalue weighted by molar-refractivity contribution is 8.27. The van der Waals surface area contributed by atoms with Crippen molar-refractivity contribution < 1.29 is 9.59 Å². The molecule has 26 heavy (non-hydrogen) atoms. The van der Waals surface area contributed by atoms with Crippen LogP contribution in [0.3, 0.4) is 0 Å². The van der Waals surface area contributed by atoms with Gasteiger partial charge in [-0.2, -0.15) is 0 Å². The fourth-order valence-corrected chi connectivity index (χ4v) is 3.98. The van der Waals surface area contributed by atoms with E-state index >= 15 is 0 Å². The molecule has 0 radical (unpaired) electrons. The molecule has 1 amide bonds. The molecular weight excluding hydrogens is 362 g/mol. The van der Waals surface area contributed by atoms with Crippen LogP contribution in [-0.2, 0) is 4.79 Å². The van der Waals surface area contributed by atoms with Crippen molar-refractivity contribution in [2.24, 2.45) is 0 Å². The fraction of sp³-hybridized carbons (Fsp3) is 0.190. The number of carbonyl (C=O) groups is 2. The van der Waals surface area contributed by atoms with Crippen LogP contribution in [0.1, 0.15) is 48.2 Å². The molecule has 0 atom stereocenters. The molecule has 3 rings (SSSR count). The van der Waals surface area contributed by atoms with E-state index < -0.39 is 0 Å². The third-order valence-electron chi connectivity index (χ3n) is 4.21. The lowest BCUT2D eigenvalue weighted by Crippen LogP contribution is -2.27. The highest BCUT2D eigenvalue weighted by Crippen LogP contribution is 2.36. The molecule has 1 heterocycles. The lowest BCUT2D eigenvalue weighted by atomic mass is 10.0. The van der Waals surface area contributed by atoms with Gasteiger partial charge in [-0.05, 0) is 42.2 Å². The lowest BCUT2D eigenvalue weighted by molar-refractivity contribution is -0.113. The summed E-state index contributed by atoms with van der Waals surface area (Å²) in [6, 6.07) is 15.2. The third-order valence-corrected chi connectivity index (χ3v) is 5.51. The van der Waals surface area contributed by atoms with E-state index in [1.165, 1.54) is 29.1 Å². The zero-order valence-electron chi connectivity index (χ0n) is 14.9. The Morgan fingerprint density at radius 3 is 2.46 bits per heavy atom. The summed E-state index contributed by atoms with van der Waals surface area (Å²) in [5, 5.41) is 0. The molecule has 1 aliphatic heterocycles. The molecule has 0 saturated carbocycles. The standard InChI is InChI=1S/C21H19NO2S2/c1-13(2)16-9-7-15(8-10-16)11-19-20(24)22(21(25)26-19)18-6-4-5-17(12-18)14(3)23/h4-13H,1-3H3/b19-11-. The van der Waals surface area contributed by atoms with Gasteiger partial charge in [0.2, 0.25) is 0 Å². The second-order valence-corrected chi connectivity index (χ2v) is 8.12. The van der Waals surface area contributed by atoms with E-state index in [4.69, 9.17) is 12.2 Å². The predicted molar refractivity (Wildman–Crippen MR) is 113 cm³/mol. The first-order valence-corrected chi connectivity index (χ1v) is 9.58. The number of benzene rings is 2. The first kappa shape index (κ1) is 18.5. The first-order chi connectivity index (χ1) is 12.4. The molecular formula is C21H19NO2S2. The van der Waals surface area contributed by atoms with Crippen LogP contribution in [-0.4, -0.2) is 16.0 Å². The molecule has 2 aromatic carbocycles. The molecule has 0 bridgehead atoms. The molecule has 1 fully saturated rings. The summed E-state index contributed by atoms with van der Waals surface area (Å²) >= 11 is 6.68. The van der Waals surface area contributed by atoms with Gasteiger partial charge in [0.25, 0.3) is 5.91 Å². The Bertz CT molecular complexity index is 914. The lowest BCUT2D eigenvalue weighted by Gasteiger charge is -2.15. The number of rotatable bonds is 4. The summed E-state index contributed by atoms with van der Waals surface area (Å²) < 4.78 is 0.473. The van der Waals surface area contributed by atoms with Gasteiger partial charge in [-0.25, -0.2) is 0 Å². The van der Waals surface area contributed by atoms with E-state index in [1.807, 2.05) is 18.2 Å². The average Bonchev–Trinajstić information content (AvgIpc) is 2.89. The van der Waals surface area contributed by atoms with Crippen LogP contribution in [0.2, 0.25) is 0 Å². The highest BCUT2D eigenvalue weighted by Gasteiger charge is 2.33. The number of thiocarbonyl (C=S) groups is 1. The maximum Gasteiger partial charge on any atom is 0.270 e. The van der Waals surface area contributed by atoms with Crippen LogP contribution in [0.4, 0.5) is 5.69 Å². The Morgan fingerprint density at radius 1 is 1.15 bits per heavy atom. The van der Waals surface area contributed by atoms with Gasteiger partial charge in [-0.3, -0.25) is 14.5 Å². The summed E-state index contributed by atoms with van der Waals surface area (Å²) in [4.78, 5) is 26.5. The molecule has 0 unspecified atom stereocenters. The summed E-state index contributed by atoms with van der Waals surface area (Å²) in [5.74, 6) is 0.266. The number of hydrogen-bond donors (Lipinski definition) is 0. The van der Waals surface area contributed by atoms with Gasteiger partial charge >= 0.3 is 0 Å². The monoisotopic (exact) mass is 381 g/mol. The van der Waals surface area contributed by atoms with E-state index in [1.54, 1.807) is 24.3 Å². The van der Waals surface area contributed by atoms with Crippen molar-refractivity contribution in [3.63, 3.8) is 0 Å². The zero-order chi connectivity index (χ0) is 18.8. The van der Waals surface area contributed by atoms with Crippen LogP contribution >= 0.6 is 24.0 Å². The second kappa shape index (κ2) is 7.56. The first-order valence-electron chi connectivity index (χ1n) is 8.35. The zero-order valence-corrected chi connectivity index (χ0v) is 16.5. The van der Waals surface area contributed by atoms with E-state index in [0.29, 0.717) is 26.4 Å². The van der Waals surface area contributed by atoms with Gasteiger partial charge < -0.3 is 0 Å². The maximum absolute atomic E-state index is 12.8. The molecule has 0 aliphatic carbocycles. The van der Waals surface area contributed by atoms with Crippen molar-refractivity contribution in [1.82, 2.24) is 0 Å². The third kappa shape index (κ3) is 3.79. The normalized spacial score (nSPS) is 16.0. The van der Waals surface area contributed by atoms with Crippen molar-refractivity contribution in [1.29, 1.82) is 0 Å². The Morgan fingerprint density at radius 2 is 1.85 bits per heavy atom. The molecule has 0 N–H and O–H groups in total. The van der Waals surface area contributed by atoms with Crippen molar-refractivity contribution >= 4 is 51.8 Å². The van der Waals surface area contributed by atoms with Gasteiger partial charge in [0.15, 0.2) is 10.1 Å². The van der Waals surface area contributed by atoms with E-state index in [2.05, 4.69) is 26.0 Å². The minimum Gasteiger partial charge on any atom is -0.295 e. The fourth-order valence-electron chi connectivity index (χ4n) is 2.68. The average molecular weight is 382 g/mol. The summed E-state index contributed by atoms with van der Waals surface area (Å²) in [7, 11) is 0. The Labute approximate surface area is 163 Å². The number of carbonyl (C=O) groups excluding carboxylic acids is 2. The number of Topliss-reactive ketones (excluding diaryl/α,β-unsaturated/α-hetero) is 1. The minimum absolute atomic E-state index is 0.0434. The smallest absolute Gasteiger partial charge is 0.270 e. The van der Waals surface area contributed by atoms with Crippen molar-refractivity contribution in [2.75, 3.05) is 4.90 Å². The van der Waals surface area contributed by atoms with Crippen LogP contribution in [0.15, 0.2) is 53.4 Å². The summed E-state index contributed by atoms with van der Waals surface area (Å²) in [6.45, 7) is 5.80. The number of hydrogen-bond acceptors (Lipinski definition) is 4. The predicted octanol–water partition coefficient (Wildman–Crippen LogP) is 5.42. The van der Waals surface area contributed by atoms with Gasteiger partial charge in [0.05, 0.1) is 10.6 Å². The van der Waals surface area contributed by atoms with Crippen LogP contribution in [0, 0.1) is 0 Å². The second-order valence-electron chi connectivity index (χ2n) is 6.45. The Hall–Kier alpha value is -2.24. The largest absolute Gasteiger partial charge is 0.295 e. The molecule has 3 nitrogen and oxygen atoms in total. The molecule has 1 saturated heterocycles. The summed E-state index contributed by atoms with van der Waals surface area (Å²) in [5.41, 5.74) is 3.41. The maximum atomic E-state index is 12.8. The van der Waals surface area contributed by atoms with Gasteiger partial charge in [0.1, 0.15) is 0 Å². The van der Waals surface area contributed by atoms with Crippen LogP contribution < -0.4 is 4.90 Å². The number of ketones is 1. The van der Waals surface area contributed by atoms with E-state index in [9.17, 15) is 9.59 Å². The van der Waals surface area contributed by atoms with Crippen molar-refractivity contribution in [3.05, 3.63) is 70.1 Å². The van der Waals surface area contributed by atoms with Crippen molar-refractivity contribution in [3.8, 4) is 0 Å². The van der Waals surface area contributed by atoms with E-state index in [-0.39, 0.29) is 11.7 Å². The van der Waals surface area contributed by atoms with Gasteiger partial charge in [-0.1, -0.05) is 74.2 Å². The number of amides is 1. The van der Waals surface area contributed by atoms with E-state index in [0.717, 1.165) is 5.56 Å². The summed E-state index contributed by atoms with van der Waals surface area (Å²) in [6.07, 6.45) is 1.86. The molecule has 1 aliphatic rings. The minimum atomic E-state index is -0.159. The van der Waals surface area contributed by atoms with Gasteiger partial charge in [-0.15, -0.1) is 0 Å². The molecule has 0 spiro atoms. The topological polar surface area (TPSA) is 37.4 Å². The molecule has 2 aromatic rings. The molecule has 0 aromatic heterocycles. The quantitative estimate of drug-likeness (QED) is 0.403. The van der Waals surface area contributed by atoms with Crippen molar-refractivity contribution in [2.45, 2.75) is 26.7 Å². The Balaban J connectivity index is 1.89.